The van der Waals surface area contributed by atoms with Gasteiger partial charge in [0.25, 0.3) is 5.91 Å². The lowest BCUT2D eigenvalue weighted by molar-refractivity contribution is 0.0914. The molecule has 3 aromatic carbocycles. The summed E-state index contributed by atoms with van der Waals surface area (Å²) in [6, 6.07) is 21.4. The zero-order valence-electron chi connectivity index (χ0n) is 15.4. The highest BCUT2D eigenvalue weighted by Crippen LogP contribution is 2.28. The van der Waals surface area contributed by atoms with Crippen LogP contribution in [0.25, 0.3) is 21.7 Å². The van der Waals surface area contributed by atoms with Crippen molar-refractivity contribution < 1.29 is 13.9 Å². The highest BCUT2D eigenvalue weighted by atomic mass is 16.5. The molecule has 1 atom stereocenters. The van der Waals surface area contributed by atoms with Crippen LogP contribution in [0.4, 0.5) is 0 Å². The monoisotopic (exact) mass is 359 g/mol. The van der Waals surface area contributed by atoms with Crippen molar-refractivity contribution in [2.45, 2.75) is 19.9 Å². The van der Waals surface area contributed by atoms with Crippen LogP contribution in [0.1, 0.15) is 36.0 Å². The van der Waals surface area contributed by atoms with Crippen molar-refractivity contribution in [3.8, 4) is 5.75 Å². The third-order valence-corrected chi connectivity index (χ3v) is 4.69. The average molecular weight is 359 g/mol. The minimum absolute atomic E-state index is 0.141. The SMILES string of the molecule is CCOc1ccc([C@@H](C)NC(=O)c2cc3c(ccc4ccccc43)o2)cc1. The fourth-order valence-corrected chi connectivity index (χ4v) is 3.27. The van der Waals surface area contributed by atoms with Crippen LogP contribution in [0.3, 0.4) is 0 Å². The topological polar surface area (TPSA) is 51.5 Å². The van der Waals surface area contributed by atoms with Crippen molar-refractivity contribution in [1.29, 1.82) is 0 Å². The van der Waals surface area contributed by atoms with E-state index in [2.05, 4.69) is 11.4 Å². The Balaban J connectivity index is 1.56. The van der Waals surface area contributed by atoms with Crippen LogP contribution in [-0.4, -0.2) is 12.5 Å². The van der Waals surface area contributed by atoms with Crippen LogP contribution in [0.15, 0.2) is 71.1 Å². The summed E-state index contributed by atoms with van der Waals surface area (Å²) in [7, 11) is 0. The molecule has 4 aromatic rings. The predicted molar refractivity (Wildman–Crippen MR) is 107 cm³/mol. The molecule has 4 nitrogen and oxygen atoms in total. The van der Waals surface area contributed by atoms with Gasteiger partial charge in [0.2, 0.25) is 0 Å². The van der Waals surface area contributed by atoms with Gasteiger partial charge in [0.05, 0.1) is 12.6 Å². The van der Waals surface area contributed by atoms with Crippen molar-refractivity contribution in [2.75, 3.05) is 6.61 Å². The van der Waals surface area contributed by atoms with Crippen molar-refractivity contribution in [1.82, 2.24) is 5.32 Å². The van der Waals surface area contributed by atoms with Gasteiger partial charge in [-0.3, -0.25) is 4.79 Å². The van der Waals surface area contributed by atoms with E-state index >= 15 is 0 Å². The number of rotatable bonds is 5. The lowest BCUT2D eigenvalue weighted by Gasteiger charge is -2.14. The van der Waals surface area contributed by atoms with Crippen LogP contribution < -0.4 is 10.1 Å². The number of hydrogen-bond donors (Lipinski definition) is 1. The van der Waals surface area contributed by atoms with E-state index in [0.717, 1.165) is 27.5 Å². The smallest absolute Gasteiger partial charge is 0.287 e. The number of amides is 1. The number of nitrogens with one attached hydrogen (secondary N) is 1. The van der Waals surface area contributed by atoms with Gasteiger partial charge in [0, 0.05) is 5.39 Å². The van der Waals surface area contributed by atoms with E-state index in [9.17, 15) is 4.79 Å². The molecule has 0 saturated carbocycles. The van der Waals surface area contributed by atoms with Gasteiger partial charge in [0.1, 0.15) is 11.3 Å². The summed E-state index contributed by atoms with van der Waals surface area (Å²) in [5.41, 5.74) is 1.72. The van der Waals surface area contributed by atoms with Gasteiger partial charge < -0.3 is 14.5 Å². The lowest BCUT2D eigenvalue weighted by atomic mass is 10.1. The van der Waals surface area contributed by atoms with Gasteiger partial charge in [-0.25, -0.2) is 0 Å². The molecular formula is C23H21NO3. The zero-order valence-corrected chi connectivity index (χ0v) is 15.4. The fourth-order valence-electron chi connectivity index (χ4n) is 3.27. The molecule has 0 fully saturated rings. The Labute approximate surface area is 157 Å². The standard InChI is InChI=1S/C23H21NO3/c1-3-26-18-11-8-16(9-12-18)15(2)24-23(25)22-14-20-19-7-5-4-6-17(19)10-13-21(20)27-22/h4-15H,3H2,1-2H3,(H,24,25)/t15-/m1/s1. The fraction of sp³-hybridized carbons (Fsp3) is 0.174. The van der Waals surface area contributed by atoms with Gasteiger partial charge in [0.15, 0.2) is 5.76 Å². The molecule has 0 aliphatic carbocycles. The van der Waals surface area contributed by atoms with E-state index in [1.807, 2.05) is 74.5 Å². The number of carbonyl (C=O) groups is 1. The lowest BCUT2D eigenvalue weighted by Crippen LogP contribution is -2.26. The second-order valence-corrected chi connectivity index (χ2v) is 6.51. The molecule has 4 rings (SSSR count). The van der Waals surface area contributed by atoms with Gasteiger partial charge in [-0.15, -0.1) is 0 Å². The molecule has 1 N–H and O–H groups in total. The second kappa shape index (κ2) is 7.16. The minimum atomic E-state index is -0.225. The normalized spacial score (nSPS) is 12.2. The summed E-state index contributed by atoms with van der Waals surface area (Å²) >= 11 is 0. The first-order chi connectivity index (χ1) is 13.2. The number of fused-ring (bicyclic) bond motifs is 3. The van der Waals surface area contributed by atoms with Crippen molar-refractivity contribution >= 4 is 27.6 Å². The van der Waals surface area contributed by atoms with E-state index < -0.39 is 0 Å². The quantitative estimate of drug-likeness (QED) is 0.514. The summed E-state index contributed by atoms with van der Waals surface area (Å²) in [5, 5.41) is 6.16. The molecule has 1 amide bonds. The Morgan fingerprint density at radius 3 is 2.59 bits per heavy atom. The first-order valence-electron chi connectivity index (χ1n) is 9.10. The number of benzene rings is 3. The Morgan fingerprint density at radius 2 is 1.81 bits per heavy atom. The molecular weight excluding hydrogens is 338 g/mol. The molecule has 0 saturated heterocycles. The third kappa shape index (κ3) is 3.38. The van der Waals surface area contributed by atoms with Crippen LogP contribution in [0.2, 0.25) is 0 Å². The molecule has 0 aliphatic rings. The summed E-state index contributed by atoms with van der Waals surface area (Å²) < 4.78 is 11.3. The first kappa shape index (κ1) is 17.2. The number of hydrogen-bond acceptors (Lipinski definition) is 3. The van der Waals surface area contributed by atoms with Gasteiger partial charge in [-0.2, -0.15) is 0 Å². The molecule has 0 unspecified atom stereocenters. The molecule has 0 spiro atoms. The maximum atomic E-state index is 12.7. The molecule has 0 aliphatic heterocycles. The van der Waals surface area contributed by atoms with Crippen LogP contribution in [0, 0.1) is 0 Å². The Morgan fingerprint density at radius 1 is 1.04 bits per heavy atom. The maximum absolute atomic E-state index is 12.7. The Hall–Kier alpha value is -3.27. The minimum Gasteiger partial charge on any atom is -0.494 e. The van der Waals surface area contributed by atoms with Crippen LogP contribution in [0.5, 0.6) is 5.75 Å². The van der Waals surface area contributed by atoms with Gasteiger partial charge in [-0.05, 0) is 54.4 Å². The Bertz CT molecular complexity index is 1100. The third-order valence-electron chi connectivity index (χ3n) is 4.69. The summed E-state index contributed by atoms with van der Waals surface area (Å²) in [4.78, 5) is 12.7. The number of ether oxygens (including phenoxy) is 1. The zero-order chi connectivity index (χ0) is 18.8. The summed E-state index contributed by atoms with van der Waals surface area (Å²) in [5.74, 6) is 0.916. The van der Waals surface area contributed by atoms with E-state index in [1.165, 1.54) is 0 Å². The van der Waals surface area contributed by atoms with E-state index in [1.54, 1.807) is 0 Å². The highest BCUT2D eigenvalue weighted by Gasteiger charge is 2.17. The van der Waals surface area contributed by atoms with Crippen LogP contribution >= 0.6 is 0 Å². The molecule has 27 heavy (non-hydrogen) atoms. The predicted octanol–water partition coefficient (Wildman–Crippen LogP) is 5.48. The van der Waals surface area contributed by atoms with Crippen molar-refractivity contribution in [3.05, 3.63) is 78.1 Å². The summed E-state index contributed by atoms with van der Waals surface area (Å²) in [6.45, 7) is 4.53. The maximum Gasteiger partial charge on any atom is 0.287 e. The van der Waals surface area contributed by atoms with Gasteiger partial charge in [-0.1, -0.05) is 42.5 Å². The van der Waals surface area contributed by atoms with Crippen molar-refractivity contribution in [2.24, 2.45) is 0 Å². The van der Waals surface area contributed by atoms with E-state index in [0.29, 0.717) is 18.0 Å². The van der Waals surface area contributed by atoms with E-state index in [-0.39, 0.29) is 11.9 Å². The first-order valence-corrected chi connectivity index (χ1v) is 9.10. The average Bonchev–Trinajstić information content (AvgIpc) is 3.14. The molecule has 1 aromatic heterocycles. The van der Waals surface area contributed by atoms with Crippen LogP contribution in [-0.2, 0) is 0 Å². The second-order valence-electron chi connectivity index (χ2n) is 6.51. The molecule has 1 heterocycles. The molecule has 0 bridgehead atoms. The molecule has 0 radical (unpaired) electrons. The molecule has 136 valence electrons. The summed E-state index contributed by atoms with van der Waals surface area (Å²) in [6.07, 6.45) is 0. The molecule has 4 heteroatoms. The number of furan rings is 1. The largest absolute Gasteiger partial charge is 0.494 e. The van der Waals surface area contributed by atoms with Gasteiger partial charge >= 0.3 is 0 Å². The van der Waals surface area contributed by atoms with Crippen molar-refractivity contribution in [3.63, 3.8) is 0 Å². The highest BCUT2D eigenvalue weighted by molar-refractivity contribution is 6.08. The van der Waals surface area contributed by atoms with E-state index in [4.69, 9.17) is 9.15 Å². The Kier molecular flexibility index (Phi) is 4.55. The number of carbonyl (C=O) groups excluding carboxylic acids is 1.